The maximum Gasteiger partial charge on any atom is 0.266 e. The number of benzene rings is 4. The first-order chi connectivity index (χ1) is 19.4. The van der Waals surface area contributed by atoms with E-state index in [1.807, 2.05) is 74.5 Å². The van der Waals surface area contributed by atoms with Crippen LogP contribution >= 0.6 is 15.9 Å². The zero-order chi connectivity index (χ0) is 28.3. The highest BCUT2D eigenvalue weighted by molar-refractivity contribution is 9.10. The molecule has 0 fully saturated rings. The van der Waals surface area contributed by atoms with Crippen LogP contribution in [0.1, 0.15) is 29.2 Å². The maximum atomic E-state index is 12.9. The molecule has 0 aliphatic rings. The van der Waals surface area contributed by atoms with E-state index in [9.17, 15) is 10.1 Å². The summed E-state index contributed by atoms with van der Waals surface area (Å²) in [5.74, 6) is 1.22. The number of nitriles is 1. The second kappa shape index (κ2) is 14.0. The number of anilines is 1. The van der Waals surface area contributed by atoms with Gasteiger partial charge in [0.05, 0.1) is 11.1 Å². The minimum absolute atomic E-state index is 0.0491. The summed E-state index contributed by atoms with van der Waals surface area (Å²) in [6.07, 6.45) is 1.52. The van der Waals surface area contributed by atoms with Crippen LogP contribution < -0.4 is 19.5 Å². The Hall–Kier alpha value is -4.54. The summed E-state index contributed by atoms with van der Waals surface area (Å²) in [5.41, 5.74) is 4.41. The molecule has 7 heteroatoms. The highest BCUT2D eigenvalue weighted by Crippen LogP contribution is 2.38. The van der Waals surface area contributed by atoms with Crippen molar-refractivity contribution in [2.45, 2.75) is 27.1 Å². The SMILES string of the molecule is CCOc1cc(/C=C(\C#N)C(=O)Nc2ccc(OCc3ccc(C)cc3)cc2)cc(Br)c1OCc1ccccc1. The van der Waals surface area contributed by atoms with Crippen molar-refractivity contribution in [1.29, 1.82) is 5.26 Å². The van der Waals surface area contributed by atoms with Crippen LogP contribution in [0.4, 0.5) is 5.69 Å². The molecule has 0 unspecified atom stereocenters. The van der Waals surface area contributed by atoms with Gasteiger partial charge in [-0.25, -0.2) is 0 Å². The number of nitrogens with zero attached hydrogens (tertiary/aromatic N) is 1. The van der Waals surface area contributed by atoms with Crippen molar-refractivity contribution >= 4 is 33.6 Å². The van der Waals surface area contributed by atoms with E-state index in [1.54, 1.807) is 36.4 Å². The van der Waals surface area contributed by atoms with Gasteiger partial charge in [-0.2, -0.15) is 5.26 Å². The summed E-state index contributed by atoms with van der Waals surface area (Å²) >= 11 is 3.55. The summed E-state index contributed by atoms with van der Waals surface area (Å²) in [4.78, 5) is 12.9. The van der Waals surface area contributed by atoms with Crippen LogP contribution in [0.25, 0.3) is 6.08 Å². The van der Waals surface area contributed by atoms with Crippen molar-refractivity contribution in [2.24, 2.45) is 0 Å². The first kappa shape index (κ1) is 28.5. The second-order valence-corrected chi connectivity index (χ2v) is 9.81. The largest absolute Gasteiger partial charge is 0.490 e. The van der Waals surface area contributed by atoms with E-state index >= 15 is 0 Å². The highest BCUT2D eigenvalue weighted by Gasteiger charge is 2.15. The quantitative estimate of drug-likeness (QED) is 0.141. The Kier molecular flexibility index (Phi) is 9.98. The molecule has 4 aromatic carbocycles. The molecule has 0 radical (unpaired) electrons. The molecule has 0 saturated carbocycles. The summed E-state index contributed by atoms with van der Waals surface area (Å²) in [6, 6.07) is 30.5. The molecule has 1 amide bonds. The Bertz CT molecular complexity index is 1510. The lowest BCUT2D eigenvalue weighted by atomic mass is 10.1. The number of aryl methyl sites for hydroxylation is 1. The van der Waals surface area contributed by atoms with E-state index in [2.05, 4.69) is 21.2 Å². The van der Waals surface area contributed by atoms with Crippen molar-refractivity contribution < 1.29 is 19.0 Å². The molecule has 40 heavy (non-hydrogen) atoms. The molecule has 0 saturated heterocycles. The van der Waals surface area contributed by atoms with Crippen LogP contribution in [0, 0.1) is 18.3 Å². The molecule has 0 aliphatic heterocycles. The predicted octanol–water partition coefficient (Wildman–Crippen LogP) is 7.86. The molecule has 1 N–H and O–H groups in total. The lowest BCUT2D eigenvalue weighted by Gasteiger charge is -2.15. The molecule has 0 spiro atoms. The Balaban J connectivity index is 1.43. The number of hydrogen-bond acceptors (Lipinski definition) is 5. The number of amides is 1. The minimum Gasteiger partial charge on any atom is -0.490 e. The van der Waals surface area contributed by atoms with Gasteiger partial charge >= 0.3 is 0 Å². The van der Waals surface area contributed by atoms with Crippen LogP contribution in [0.5, 0.6) is 17.2 Å². The molecule has 6 nitrogen and oxygen atoms in total. The fourth-order valence-electron chi connectivity index (χ4n) is 3.80. The number of hydrogen-bond donors (Lipinski definition) is 1. The van der Waals surface area contributed by atoms with E-state index in [0.717, 1.165) is 11.1 Å². The van der Waals surface area contributed by atoms with Crippen LogP contribution in [0.15, 0.2) is 101 Å². The van der Waals surface area contributed by atoms with Crippen molar-refractivity contribution in [3.63, 3.8) is 0 Å². The third-order valence-corrected chi connectivity index (χ3v) is 6.46. The van der Waals surface area contributed by atoms with E-state index < -0.39 is 5.91 Å². The average molecular weight is 598 g/mol. The van der Waals surface area contributed by atoms with Gasteiger partial charge in [-0.05, 0) is 88.9 Å². The lowest BCUT2D eigenvalue weighted by Crippen LogP contribution is -2.13. The zero-order valence-electron chi connectivity index (χ0n) is 22.3. The zero-order valence-corrected chi connectivity index (χ0v) is 23.9. The number of carbonyl (C=O) groups excluding carboxylic acids is 1. The Morgan fingerprint density at radius 1 is 0.900 bits per heavy atom. The van der Waals surface area contributed by atoms with E-state index in [1.165, 1.54) is 11.6 Å². The standard InChI is InChI=1S/C33H29BrN2O4/c1-3-38-31-19-26(18-30(34)32(31)40-22-24-7-5-4-6-8-24)17-27(20-35)33(37)36-28-13-15-29(16-14-28)39-21-25-11-9-23(2)10-12-25/h4-19H,3,21-22H2,1-2H3,(H,36,37)/b27-17+. The molecule has 4 aromatic rings. The topological polar surface area (TPSA) is 80.6 Å². The Morgan fingerprint density at radius 3 is 2.25 bits per heavy atom. The van der Waals surface area contributed by atoms with Crippen molar-refractivity contribution in [3.8, 4) is 23.3 Å². The predicted molar refractivity (Wildman–Crippen MR) is 160 cm³/mol. The van der Waals surface area contributed by atoms with Gasteiger partial charge < -0.3 is 19.5 Å². The number of nitrogens with one attached hydrogen (secondary N) is 1. The van der Waals surface area contributed by atoms with Gasteiger partial charge in [0, 0.05) is 5.69 Å². The third kappa shape index (κ3) is 7.98. The normalized spacial score (nSPS) is 10.9. The average Bonchev–Trinajstić information content (AvgIpc) is 2.96. The molecule has 0 aliphatic carbocycles. The third-order valence-electron chi connectivity index (χ3n) is 5.87. The molecule has 4 rings (SSSR count). The minimum atomic E-state index is -0.519. The fourth-order valence-corrected chi connectivity index (χ4v) is 4.38. The van der Waals surface area contributed by atoms with Crippen LogP contribution in [-0.4, -0.2) is 12.5 Å². The van der Waals surface area contributed by atoms with Crippen molar-refractivity contribution in [1.82, 2.24) is 0 Å². The molecule has 0 aromatic heterocycles. The summed E-state index contributed by atoms with van der Waals surface area (Å²) in [7, 11) is 0. The van der Waals surface area contributed by atoms with Crippen LogP contribution in [-0.2, 0) is 18.0 Å². The first-order valence-electron chi connectivity index (χ1n) is 12.8. The summed E-state index contributed by atoms with van der Waals surface area (Å²) in [6.45, 7) is 5.17. The first-order valence-corrected chi connectivity index (χ1v) is 13.6. The van der Waals surface area contributed by atoms with E-state index in [4.69, 9.17) is 14.2 Å². The maximum absolute atomic E-state index is 12.9. The smallest absolute Gasteiger partial charge is 0.266 e. The molecule has 0 atom stereocenters. The van der Waals surface area contributed by atoms with Crippen LogP contribution in [0.3, 0.4) is 0 Å². The highest BCUT2D eigenvalue weighted by atomic mass is 79.9. The molecule has 0 bridgehead atoms. The number of ether oxygens (including phenoxy) is 3. The fraction of sp³-hybridized carbons (Fsp3) is 0.152. The van der Waals surface area contributed by atoms with Crippen molar-refractivity contribution in [3.05, 3.63) is 123 Å². The Morgan fingerprint density at radius 2 is 1.57 bits per heavy atom. The number of rotatable bonds is 11. The monoisotopic (exact) mass is 596 g/mol. The molecular weight excluding hydrogens is 568 g/mol. The molecule has 0 heterocycles. The number of carbonyl (C=O) groups is 1. The Labute approximate surface area is 243 Å². The van der Waals surface area contributed by atoms with Gasteiger partial charge in [0.1, 0.15) is 30.6 Å². The van der Waals surface area contributed by atoms with Gasteiger partial charge in [-0.3, -0.25) is 4.79 Å². The van der Waals surface area contributed by atoms with Gasteiger partial charge in [0.25, 0.3) is 5.91 Å². The lowest BCUT2D eigenvalue weighted by molar-refractivity contribution is -0.112. The van der Waals surface area contributed by atoms with Crippen molar-refractivity contribution in [2.75, 3.05) is 11.9 Å². The van der Waals surface area contributed by atoms with E-state index in [0.29, 0.717) is 52.8 Å². The van der Waals surface area contributed by atoms with E-state index in [-0.39, 0.29) is 5.57 Å². The van der Waals surface area contributed by atoms with Gasteiger partial charge in [0.2, 0.25) is 0 Å². The van der Waals surface area contributed by atoms with Gasteiger partial charge in [-0.15, -0.1) is 0 Å². The van der Waals surface area contributed by atoms with Gasteiger partial charge in [-0.1, -0.05) is 60.2 Å². The molecular formula is C33H29BrN2O4. The summed E-state index contributed by atoms with van der Waals surface area (Å²) < 4.78 is 18.3. The molecule has 202 valence electrons. The summed E-state index contributed by atoms with van der Waals surface area (Å²) in [5, 5.41) is 12.5. The van der Waals surface area contributed by atoms with Gasteiger partial charge in [0.15, 0.2) is 11.5 Å². The number of halogens is 1. The second-order valence-electron chi connectivity index (χ2n) is 8.96. The van der Waals surface area contributed by atoms with Crippen LogP contribution in [0.2, 0.25) is 0 Å².